The Morgan fingerprint density at radius 3 is 2.64 bits per heavy atom. The van der Waals surface area contributed by atoms with E-state index in [1.165, 1.54) is 0 Å². The number of hydrogen-bond acceptors (Lipinski definition) is 6. The summed E-state index contributed by atoms with van der Waals surface area (Å²) in [6.07, 6.45) is 5.01. The molecular formula is C24H24N6O3. The Hall–Kier alpha value is -4.11. The van der Waals surface area contributed by atoms with Crippen LogP contribution in [0.2, 0.25) is 0 Å². The van der Waals surface area contributed by atoms with Crippen LogP contribution in [0.1, 0.15) is 27.8 Å². The van der Waals surface area contributed by atoms with E-state index in [1.54, 1.807) is 36.4 Å². The maximum Gasteiger partial charge on any atom is 0.274 e. The first-order valence-electron chi connectivity index (χ1n) is 10.6. The number of para-hydroxylation sites is 1. The molecule has 9 nitrogen and oxygen atoms in total. The van der Waals surface area contributed by atoms with Gasteiger partial charge >= 0.3 is 0 Å². The van der Waals surface area contributed by atoms with E-state index < -0.39 is 0 Å². The van der Waals surface area contributed by atoms with Gasteiger partial charge in [-0.3, -0.25) is 19.3 Å². The Labute approximate surface area is 190 Å². The number of carbonyl (C=O) groups is 2. The summed E-state index contributed by atoms with van der Waals surface area (Å²) in [6, 6.07) is 12.9. The lowest BCUT2D eigenvalue weighted by Gasteiger charge is -2.11. The van der Waals surface area contributed by atoms with E-state index in [-0.39, 0.29) is 17.5 Å². The third-order valence-corrected chi connectivity index (χ3v) is 5.08. The van der Waals surface area contributed by atoms with Gasteiger partial charge in [0, 0.05) is 49.7 Å². The van der Waals surface area contributed by atoms with Crippen molar-refractivity contribution < 1.29 is 14.3 Å². The molecule has 0 spiro atoms. The van der Waals surface area contributed by atoms with Crippen molar-refractivity contribution in [2.45, 2.75) is 13.5 Å². The minimum atomic E-state index is -0.383. The molecule has 1 aromatic carbocycles. The molecule has 168 valence electrons. The minimum absolute atomic E-state index is 0.147. The van der Waals surface area contributed by atoms with Crippen LogP contribution < -0.4 is 10.6 Å². The van der Waals surface area contributed by atoms with Gasteiger partial charge in [0.2, 0.25) is 0 Å². The molecule has 2 N–H and O–H groups in total. The van der Waals surface area contributed by atoms with E-state index in [4.69, 9.17) is 9.72 Å². The van der Waals surface area contributed by atoms with Crippen molar-refractivity contribution >= 4 is 28.4 Å². The molecule has 0 bridgehead atoms. The summed E-state index contributed by atoms with van der Waals surface area (Å²) in [5.74, 6) is -0.739. The number of ether oxygens (including phenoxy) is 1. The van der Waals surface area contributed by atoms with Gasteiger partial charge in [-0.25, -0.2) is 4.98 Å². The van der Waals surface area contributed by atoms with Crippen molar-refractivity contribution in [1.29, 1.82) is 0 Å². The van der Waals surface area contributed by atoms with Gasteiger partial charge in [0.15, 0.2) is 5.69 Å². The number of nitrogens with one attached hydrogen (secondary N) is 2. The second-order valence-electron chi connectivity index (χ2n) is 7.26. The van der Waals surface area contributed by atoms with Crippen LogP contribution in [-0.2, 0) is 11.3 Å². The summed E-state index contributed by atoms with van der Waals surface area (Å²) < 4.78 is 6.58. The Morgan fingerprint density at radius 1 is 1.09 bits per heavy atom. The van der Waals surface area contributed by atoms with Crippen molar-refractivity contribution in [2.75, 3.05) is 25.6 Å². The molecule has 33 heavy (non-hydrogen) atoms. The third-order valence-electron chi connectivity index (χ3n) is 5.08. The monoisotopic (exact) mass is 444 g/mol. The van der Waals surface area contributed by atoms with Crippen LogP contribution in [-0.4, -0.2) is 51.8 Å². The number of fused-ring (bicyclic) bond motifs is 1. The quantitative estimate of drug-likeness (QED) is 0.404. The number of aryl methyl sites for hydroxylation is 1. The lowest BCUT2D eigenvalue weighted by Crippen LogP contribution is -2.28. The van der Waals surface area contributed by atoms with Crippen molar-refractivity contribution in [3.8, 4) is 11.3 Å². The maximum atomic E-state index is 13.4. The van der Waals surface area contributed by atoms with E-state index in [0.29, 0.717) is 47.5 Å². The highest BCUT2D eigenvalue weighted by Crippen LogP contribution is 2.26. The largest absolute Gasteiger partial charge is 0.383 e. The van der Waals surface area contributed by atoms with Crippen LogP contribution in [0.15, 0.2) is 61.1 Å². The first-order valence-corrected chi connectivity index (χ1v) is 10.6. The van der Waals surface area contributed by atoms with Crippen LogP contribution in [0.5, 0.6) is 0 Å². The van der Waals surface area contributed by atoms with Crippen LogP contribution >= 0.6 is 0 Å². The van der Waals surface area contributed by atoms with Gasteiger partial charge in [-0.2, -0.15) is 5.10 Å². The normalized spacial score (nSPS) is 10.8. The molecule has 0 saturated heterocycles. The number of amides is 2. The molecule has 0 radical (unpaired) electrons. The van der Waals surface area contributed by atoms with Gasteiger partial charge in [0.1, 0.15) is 0 Å². The highest BCUT2D eigenvalue weighted by Gasteiger charge is 2.21. The average molecular weight is 444 g/mol. The fraction of sp³-hybridized carbons (Fsp3) is 0.208. The van der Waals surface area contributed by atoms with E-state index in [1.807, 2.05) is 43.3 Å². The fourth-order valence-electron chi connectivity index (χ4n) is 3.42. The van der Waals surface area contributed by atoms with Crippen molar-refractivity contribution in [2.24, 2.45) is 0 Å². The number of carbonyl (C=O) groups excluding carboxylic acids is 2. The zero-order chi connectivity index (χ0) is 23.2. The Morgan fingerprint density at radius 2 is 1.88 bits per heavy atom. The summed E-state index contributed by atoms with van der Waals surface area (Å²) in [7, 11) is 1.56. The van der Waals surface area contributed by atoms with E-state index in [9.17, 15) is 9.59 Å². The number of nitrogens with zero attached hydrogens (tertiary/aromatic N) is 4. The molecule has 0 unspecified atom stereocenters. The molecule has 9 heteroatoms. The van der Waals surface area contributed by atoms with Gasteiger partial charge in [-0.1, -0.05) is 18.2 Å². The second-order valence-corrected chi connectivity index (χ2v) is 7.26. The van der Waals surface area contributed by atoms with Gasteiger partial charge in [0.25, 0.3) is 11.8 Å². The molecule has 4 rings (SSSR count). The predicted molar refractivity (Wildman–Crippen MR) is 125 cm³/mol. The first-order chi connectivity index (χ1) is 16.1. The highest BCUT2D eigenvalue weighted by molar-refractivity contribution is 6.14. The fourth-order valence-corrected chi connectivity index (χ4v) is 3.42. The number of hydrogen-bond donors (Lipinski definition) is 2. The van der Waals surface area contributed by atoms with Crippen LogP contribution in [0.3, 0.4) is 0 Å². The second kappa shape index (κ2) is 10.0. The van der Waals surface area contributed by atoms with Gasteiger partial charge in [-0.15, -0.1) is 0 Å². The summed E-state index contributed by atoms with van der Waals surface area (Å²) >= 11 is 0. The smallest absolute Gasteiger partial charge is 0.274 e. The molecule has 0 atom stereocenters. The highest BCUT2D eigenvalue weighted by atomic mass is 16.5. The SMILES string of the molecule is CCn1cc(NC(=O)c2cc(-c3ccncc3)nc3ccccc23)c(C(=O)NCCOC)n1. The molecule has 4 aromatic rings. The lowest BCUT2D eigenvalue weighted by atomic mass is 10.0. The zero-order valence-corrected chi connectivity index (χ0v) is 18.4. The Kier molecular flexibility index (Phi) is 6.70. The average Bonchev–Trinajstić information content (AvgIpc) is 3.27. The van der Waals surface area contributed by atoms with Crippen LogP contribution in [0.4, 0.5) is 5.69 Å². The molecule has 0 aliphatic carbocycles. The number of benzene rings is 1. The predicted octanol–water partition coefficient (Wildman–Crippen LogP) is 3.14. The summed E-state index contributed by atoms with van der Waals surface area (Å²) in [5.41, 5.74) is 3.13. The van der Waals surface area contributed by atoms with E-state index >= 15 is 0 Å². The number of anilines is 1. The third kappa shape index (κ3) is 4.88. The molecule has 0 saturated carbocycles. The van der Waals surface area contributed by atoms with Crippen LogP contribution in [0, 0.1) is 0 Å². The van der Waals surface area contributed by atoms with Crippen molar-refractivity contribution in [3.05, 3.63) is 72.3 Å². The molecule has 0 aliphatic rings. The lowest BCUT2D eigenvalue weighted by molar-refractivity contribution is 0.0932. The number of pyridine rings is 2. The zero-order valence-electron chi connectivity index (χ0n) is 18.4. The Balaban J connectivity index is 1.70. The van der Waals surface area contributed by atoms with E-state index in [2.05, 4.69) is 20.7 Å². The molecule has 3 aromatic heterocycles. The molecule has 3 heterocycles. The minimum Gasteiger partial charge on any atom is -0.383 e. The van der Waals surface area contributed by atoms with Crippen molar-refractivity contribution in [3.63, 3.8) is 0 Å². The number of rotatable bonds is 8. The standard InChI is InChI=1S/C24H24N6O3/c1-3-30-15-21(22(29-30)24(32)26-12-13-33-2)28-23(31)18-14-20(16-8-10-25-11-9-16)27-19-7-5-4-6-17(18)19/h4-11,14-15H,3,12-13H2,1-2H3,(H,26,32)(H,28,31). The number of methoxy groups -OCH3 is 1. The van der Waals surface area contributed by atoms with Crippen LogP contribution in [0.25, 0.3) is 22.2 Å². The summed E-state index contributed by atoms with van der Waals surface area (Å²) in [4.78, 5) is 34.8. The summed E-state index contributed by atoms with van der Waals surface area (Å²) in [5, 5.41) is 10.6. The molecule has 0 aliphatic heterocycles. The van der Waals surface area contributed by atoms with Gasteiger partial charge in [-0.05, 0) is 31.2 Å². The summed E-state index contributed by atoms with van der Waals surface area (Å²) in [6.45, 7) is 3.18. The maximum absolute atomic E-state index is 13.4. The van der Waals surface area contributed by atoms with Gasteiger partial charge in [0.05, 0.1) is 29.1 Å². The van der Waals surface area contributed by atoms with Gasteiger partial charge < -0.3 is 15.4 Å². The Bertz CT molecular complexity index is 1290. The molecule has 0 fully saturated rings. The topological polar surface area (TPSA) is 111 Å². The first kappa shape index (κ1) is 22.1. The molecule has 2 amide bonds. The molecular weight excluding hydrogens is 420 g/mol. The van der Waals surface area contributed by atoms with E-state index in [0.717, 1.165) is 5.56 Å². The number of aromatic nitrogens is 4. The van der Waals surface area contributed by atoms with Crippen molar-refractivity contribution in [1.82, 2.24) is 25.1 Å².